The monoisotopic (exact) mass is 399 g/mol. The molecule has 2 aromatic carbocycles. The van der Waals surface area contributed by atoms with Crippen LogP contribution >= 0.6 is 0 Å². The lowest BCUT2D eigenvalue weighted by Crippen LogP contribution is -2.43. The highest BCUT2D eigenvalue weighted by atomic mass is 16.6. The molecule has 1 fully saturated rings. The van der Waals surface area contributed by atoms with Crippen LogP contribution < -0.4 is 5.73 Å². The van der Waals surface area contributed by atoms with E-state index in [-0.39, 0.29) is 24.4 Å². The van der Waals surface area contributed by atoms with E-state index in [0.29, 0.717) is 13.0 Å². The van der Waals surface area contributed by atoms with Crippen molar-refractivity contribution in [3.8, 4) is 0 Å². The molecule has 4 atom stereocenters. The molecule has 0 aromatic heterocycles. The lowest BCUT2D eigenvalue weighted by atomic mass is 9.89. The van der Waals surface area contributed by atoms with Gasteiger partial charge in [-0.15, -0.1) is 0 Å². The topological polar surface area (TPSA) is 87.9 Å². The fraction of sp³-hybridized carbons (Fsp3) is 0.478. The number of carbonyl (C=O) groups excluding carboxylic acids is 2. The molecule has 156 valence electrons. The minimum Gasteiger partial charge on any atom is -0.458 e. The minimum atomic E-state index is -0.852. The lowest BCUT2D eigenvalue weighted by Gasteiger charge is -2.31. The molecule has 0 aliphatic carbocycles. The second-order valence-electron chi connectivity index (χ2n) is 7.94. The van der Waals surface area contributed by atoms with E-state index in [0.717, 1.165) is 16.3 Å². The van der Waals surface area contributed by atoms with E-state index in [1.807, 2.05) is 18.2 Å². The summed E-state index contributed by atoms with van der Waals surface area (Å²) in [6.45, 7) is 5.68. The second kappa shape index (κ2) is 9.37. The molecule has 2 aromatic rings. The molecule has 1 aliphatic rings. The Morgan fingerprint density at radius 2 is 1.90 bits per heavy atom. The van der Waals surface area contributed by atoms with Gasteiger partial charge in [-0.25, -0.2) is 0 Å². The van der Waals surface area contributed by atoms with Gasteiger partial charge in [0, 0.05) is 5.92 Å². The van der Waals surface area contributed by atoms with Gasteiger partial charge in [-0.3, -0.25) is 9.59 Å². The average Bonchev–Trinajstić information content (AvgIpc) is 2.74. The minimum absolute atomic E-state index is 0.0719. The molecule has 0 saturated carbocycles. The van der Waals surface area contributed by atoms with Crippen molar-refractivity contribution >= 4 is 22.7 Å². The number of nitrogens with two attached hydrogens (primary N) is 1. The maximum atomic E-state index is 12.4. The number of hydrogen-bond donors (Lipinski definition) is 1. The van der Waals surface area contributed by atoms with Gasteiger partial charge in [-0.05, 0) is 29.7 Å². The normalized spacial score (nSPS) is 25.8. The second-order valence-corrected chi connectivity index (χ2v) is 7.94. The summed E-state index contributed by atoms with van der Waals surface area (Å²) in [5.41, 5.74) is 6.97. The van der Waals surface area contributed by atoms with E-state index in [9.17, 15) is 9.59 Å². The van der Waals surface area contributed by atoms with Gasteiger partial charge in [0.05, 0.1) is 19.1 Å². The first-order chi connectivity index (χ1) is 13.9. The molecule has 1 aliphatic heterocycles. The molecule has 6 heteroatoms. The number of rotatable bonds is 4. The molecule has 0 spiro atoms. The van der Waals surface area contributed by atoms with Crippen molar-refractivity contribution < 1.29 is 23.8 Å². The van der Waals surface area contributed by atoms with E-state index in [1.54, 1.807) is 20.8 Å². The fourth-order valence-electron chi connectivity index (χ4n) is 3.62. The summed E-state index contributed by atoms with van der Waals surface area (Å²) in [6, 6.07) is 13.5. The van der Waals surface area contributed by atoms with Crippen molar-refractivity contribution in [1.82, 2.24) is 0 Å². The Morgan fingerprint density at radius 3 is 2.66 bits per heavy atom. The molecular formula is C23H29NO5. The predicted molar refractivity (Wildman–Crippen MR) is 110 cm³/mol. The number of esters is 2. The van der Waals surface area contributed by atoms with Crippen LogP contribution in [-0.4, -0.2) is 43.4 Å². The predicted octanol–water partition coefficient (Wildman–Crippen LogP) is 2.86. The Morgan fingerprint density at radius 1 is 1.17 bits per heavy atom. The van der Waals surface area contributed by atoms with E-state index in [1.165, 1.54) is 0 Å². The van der Waals surface area contributed by atoms with Gasteiger partial charge in [0.25, 0.3) is 0 Å². The Labute approximate surface area is 171 Å². The molecule has 1 saturated heterocycles. The zero-order chi connectivity index (χ0) is 21.0. The molecule has 29 heavy (non-hydrogen) atoms. The number of cyclic esters (lactones) is 1. The van der Waals surface area contributed by atoms with Crippen molar-refractivity contribution in [2.75, 3.05) is 13.2 Å². The number of ether oxygens (including phenoxy) is 3. The Kier molecular flexibility index (Phi) is 6.87. The Bertz CT molecular complexity index is 860. The van der Waals surface area contributed by atoms with Crippen LogP contribution in [0.15, 0.2) is 42.5 Å². The number of hydrogen-bond acceptors (Lipinski definition) is 6. The molecule has 1 heterocycles. The third kappa shape index (κ3) is 5.14. The summed E-state index contributed by atoms with van der Waals surface area (Å²) in [5.74, 6) is -1.35. The van der Waals surface area contributed by atoms with Crippen molar-refractivity contribution in [1.29, 1.82) is 0 Å². The van der Waals surface area contributed by atoms with Gasteiger partial charge < -0.3 is 19.9 Å². The molecular weight excluding hydrogens is 370 g/mol. The average molecular weight is 399 g/mol. The van der Waals surface area contributed by atoms with E-state index in [4.69, 9.17) is 19.9 Å². The first-order valence-corrected chi connectivity index (χ1v) is 10.1. The third-order valence-electron chi connectivity index (χ3n) is 5.25. The molecule has 2 N–H and O–H groups in total. The Balaban J connectivity index is 1.93. The van der Waals surface area contributed by atoms with Crippen molar-refractivity contribution in [2.45, 2.75) is 45.4 Å². The zero-order valence-electron chi connectivity index (χ0n) is 17.2. The summed E-state index contributed by atoms with van der Waals surface area (Å²) in [7, 11) is 0. The largest absolute Gasteiger partial charge is 0.458 e. The quantitative estimate of drug-likeness (QED) is 0.796. The van der Waals surface area contributed by atoms with Gasteiger partial charge in [0.15, 0.2) is 0 Å². The van der Waals surface area contributed by atoms with Crippen molar-refractivity contribution in [2.24, 2.45) is 17.6 Å². The Hall–Kier alpha value is -2.44. The molecule has 6 nitrogen and oxygen atoms in total. The summed E-state index contributed by atoms with van der Waals surface area (Å²) < 4.78 is 17.0. The molecule has 3 rings (SSSR count). The van der Waals surface area contributed by atoms with Crippen LogP contribution in [0.1, 0.15) is 26.3 Å². The van der Waals surface area contributed by atoms with Crippen LogP contribution in [0.4, 0.5) is 0 Å². The SMILES string of the molecule is CC(C)C(=O)OC1C(Cc2cccc3ccccc23)COCC(N)C(=O)OC1C. The third-order valence-corrected chi connectivity index (χ3v) is 5.25. The summed E-state index contributed by atoms with van der Waals surface area (Å²) in [5, 5.41) is 2.29. The molecule has 0 amide bonds. The number of fused-ring (bicyclic) bond motifs is 1. The fourth-order valence-corrected chi connectivity index (χ4v) is 3.62. The molecule has 4 unspecified atom stereocenters. The van der Waals surface area contributed by atoms with Crippen LogP contribution in [0.25, 0.3) is 10.8 Å². The van der Waals surface area contributed by atoms with Crippen LogP contribution in [0.2, 0.25) is 0 Å². The van der Waals surface area contributed by atoms with Crippen molar-refractivity contribution in [3.05, 3.63) is 48.0 Å². The van der Waals surface area contributed by atoms with E-state index >= 15 is 0 Å². The maximum absolute atomic E-state index is 12.4. The first kappa shape index (κ1) is 21.3. The highest BCUT2D eigenvalue weighted by Crippen LogP contribution is 2.27. The summed E-state index contributed by atoms with van der Waals surface area (Å²) in [6.07, 6.45) is -0.634. The maximum Gasteiger partial charge on any atom is 0.325 e. The van der Waals surface area contributed by atoms with Gasteiger partial charge in [0.1, 0.15) is 18.2 Å². The summed E-state index contributed by atoms with van der Waals surface area (Å²) >= 11 is 0. The number of benzene rings is 2. The lowest BCUT2D eigenvalue weighted by molar-refractivity contribution is -0.173. The van der Waals surface area contributed by atoms with Gasteiger partial charge >= 0.3 is 11.9 Å². The van der Waals surface area contributed by atoms with Crippen LogP contribution in [0, 0.1) is 11.8 Å². The van der Waals surface area contributed by atoms with E-state index in [2.05, 4.69) is 24.3 Å². The van der Waals surface area contributed by atoms with Crippen LogP contribution in [0.5, 0.6) is 0 Å². The number of carbonyl (C=O) groups is 2. The van der Waals surface area contributed by atoms with Crippen molar-refractivity contribution in [3.63, 3.8) is 0 Å². The summed E-state index contributed by atoms with van der Waals surface area (Å²) in [4.78, 5) is 24.5. The van der Waals surface area contributed by atoms with E-state index < -0.39 is 24.2 Å². The van der Waals surface area contributed by atoms with Gasteiger partial charge in [-0.1, -0.05) is 56.3 Å². The molecule has 0 bridgehead atoms. The highest BCUT2D eigenvalue weighted by molar-refractivity contribution is 5.85. The first-order valence-electron chi connectivity index (χ1n) is 10.1. The van der Waals surface area contributed by atoms with Crippen LogP contribution in [0.3, 0.4) is 0 Å². The molecule has 0 radical (unpaired) electrons. The smallest absolute Gasteiger partial charge is 0.325 e. The van der Waals surface area contributed by atoms with Gasteiger partial charge in [-0.2, -0.15) is 0 Å². The highest BCUT2D eigenvalue weighted by Gasteiger charge is 2.36. The standard InChI is InChI=1S/C23H29NO5/c1-14(2)22(25)29-21-15(3)28-23(26)20(24)13-27-12-18(21)11-17-9-6-8-16-7-4-5-10-19(16)17/h4-10,14-15,18,20-21H,11-13,24H2,1-3H3. The van der Waals surface area contributed by atoms with Crippen LogP contribution in [-0.2, 0) is 30.2 Å². The van der Waals surface area contributed by atoms with Gasteiger partial charge in [0.2, 0.25) is 0 Å². The zero-order valence-corrected chi connectivity index (χ0v) is 17.2.